The molecule has 6 nitrogen and oxygen atoms in total. The van der Waals surface area contributed by atoms with E-state index < -0.39 is 22.5 Å². The molecule has 2 rings (SSSR count). The highest BCUT2D eigenvalue weighted by Crippen LogP contribution is 2.17. The predicted octanol–water partition coefficient (Wildman–Crippen LogP) is 2.76. The largest absolute Gasteiger partial charge is 0.494 e. The van der Waals surface area contributed by atoms with Crippen molar-refractivity contribution in [2.24, 2.45) is 0 Å². The third kappa shape index (κ3) is 5.74. The van der Waals surface area contributed by atoms with E-state index in [1.54, 1.807) is 24.3 Å². The van der Waals surface area contributed by atoms with Crippen molar-refractivity contribution >= 4 is 27.5 Å². The topological polar surface area (TPSA) is 81.7 Å². The molecule has 134 valence electrons. The fraction of sp³-hybridized carbons (Fsp3) is 0.235. The van der Waals surface area contributed by atoms with E-state index in [1.807, 2.05) is 11.6 Å². The molecule has 8 heteroatoms. The zero-order valence-corrected chi connectivity index (χ0v) is 15.1. The number of rotatable bonds is 8. The molecule has 1 amide bonds. The molecule has 0 radical (unpaired) electrons. The van der Waals surface area contributed by atoms with E-state index in [-0.39, 0.29) is 11.5 Å². The number of sulfonamides is 1. The van der Waals surface area contributed by atoms with Crippen LogP contribution in [-0.4, -0.2) is 27.5 Å². The van der Waals surface area contributed by atoms with Crippen molar-refractivity contribution in [3.63, 3.8) is 0 Å². The molecule has 0 spiro atoms. The van der Waals surface area contributed by atoms with Gasteiger partial charge in [0.2, 0.25) is 0 Å². The third-order valence-electron chi connectivity index (χ3n) is 3.14. The van der Waals surface area contributed by atoms with Gasteiger partial charge in [-0.3, -0.25) is 4.79 Å². The van der Waals surface area contributed by atoms with Gasteiger partial charge >= 0.3 is 0 Å². The Hall–Kier alpha value is -2.09. The molecule has 0 fully saturated rings. The Morgan fingerprint density at radius 2 is 1.80 bits per heavy atom. The summed E-state index contributed by atoms with van der Waals surface area (Å²) in [7, 11) is -3.96. The number of ether oxygens (including phenoxy) is 2. The summed E-state index contributed by atoms with van der Waals surface area (Å²) in [6.45, 7) is 2.01. The smallest absolute Gasteiger partial charge is 0.264 e. The van der Waals surface area contributed by atoms with Crippen LogP contribution in [-0.2, 0) is 26.2 Å². The zero-order valence-electron chi connectivity index (χ0n) is 13.6. The van der Waals surface area contributed by atoms with Crippen molar-refractivity contribution in [3.05, 3.63) is 59.1 Å². The van der Waals surface area contributed by atoms with Crippen molar-refractivity contribution in [2.45, 2.75) is 18.4 Å². The van der Waals surface area contributed by atoms with Gasteiger partial charge in [0.15, 0.2) is 0 Å². The minimum Gasteiger partial charge on any atom is -0.494 e. The Balaban J connectivity index is 1.89. The number of halogens is 1. The van der Waals surface area contributed by atoms with E-state index in [1.165, 1.54) is 24.3 Å². The zero-order chi connectivity index (χ0) is 18.3. The van der Waals surface area contributed by atoms with E-state index in [0.29, 0.717) is 22.9 Å². The molecule has 0 aliphatic heterocycles. The van der Waals surface area contributed by atoms with E-state index in [4.69, 9.17) is 21.1 Å². The molecule has 0 unspecified atom stereocenters. The number of nitrogens with one attached hydrogen (secondary N) is 1. The summed E-state index contributed by atoms with van der Waals surface area (Å²) in [4.78, 5) is 11.8. The monoisotopic (exact) mass is 383 g/mol. The molecule has 25 heavy (non-hydrogen) atoms. The Bertz CT molecular complexity index is 821. The normalized spacial score (nSPS) is 11.1. The van der Waals surface area contributed by atoms with Gasteiger partial charge in [0.1, 0.15) is 12.4 Å². The van der Waals surface area contributed by atoms with Gasteiger partial charge < -0.3 is 9.47 Å². The van der Waals surface area contributed by atoms with Crippen molar-refractivity contribution < 1.29 is 22.7 Å². The molecule has 0 saturated carbocycles. The first kappa shape index (κ1) is 19.2. The Morgan fingerprint density at radius 1 is 1.12 bits per heavy atom. The van der Waals surface area contributed by atoms with Crippen LogP contribution in [0.5, 0.6) is 5.75 Å². The van der Waals surface area contributed by atoms with Gasteiger partial charge in [-0.25, -0.2) is 13.1 Å². The van der Waals surface area contributed by atoms with Gasteiger partial charge in [0, 0.05) is 5.02 Å². The van der Waals surface area contributed by atoms with Gasteiger partial charge in [0.05, 0.1) is 18.1 Å². The molecule has 0 aliphatic rings. The molecular formula is C17H18ClNO5S. The first-order valence-corrected chi connectivity index (χ1v) is 9.38. The molecule has 2 aromatic carbocycles. The van der Waals surface area contributed by atoms with E-state index in [9.17, 15) is 13.2 Å². The Labute approximate surface area is 151 Å². The highest BCUT2D eigenvalue weighted by Gasteiger charge is 2.17. The minimum atomic E-state index is -3.96. The summed E-state index contributed by atoms with van der Waals surface area (Å²) in [5.74, 6) is -0.211. The summed E-state index contributed by atoms with van der Waals surface area (Å²) >= 11 is 5.97. The fourth-order valence-electron chi connectivity index (χ4n) is 1.99. The van der Waals surface area contributed by atoms with Crippen LogP contribution in [0.15, 0.2) is 53.4 Å². The number of hydrogen-bond acceptors (Lipinski definition) is 5. The fourth-order valence-corrected chi connectivity index (χ4v) is 3.15. The maximum Gasteiger partial charge on any atom is 0.264 e. The molecule has 1 N–H and O–H groups in total. The number of carbonyl (C=O) groups is 1. The van der Waals surface area contributed by atoms with Crippen LogP contribution in [0.4, 0.5) is 0 Å². The maximum absolute atomic E-state index is 12.1. The minimum absolute atomic E-state index is 0.0320. The first-order valence-electron chi connectivity index (χ1n) is 7.52. The van der Waals surface area contributed by atoms with E-state index in [2.05, 4.69) is 0 Å². The molecule has 2 aromatic rings. The van der Waals surface area contributed by atoms with Crippen LogP contribution in [0.1, 0.15) is 12.5 Å². The molecule has 0 aliphatic carbocycles. The average Bonchev–Trinajstić information content (AvgIpc) is 2.57. The summed E-state index contributed by atoms with van der Waals surface area (Å²) in [5.41, 5.74) is 0.714. The molecule has 0 saturated heterocycles. The quantitative estimate of drug-likeness (QED) is 0.758. The second kappa shape index (κ2) is 8.84. The van der Waals surface area contributed by atoms with Crippen molar-refractivity contribution in [1.82, 2.24) is 4.72 Å². The van der Waals surface area contributed by atoms with Crippen molar-refractivity contribution in [1.29, 1.82) is 0 Å². The summed E-state index contributed by atoms with van der Waals surface area (Å²) < 4.78 is 36.7. The van der Waals surface area contributed by atoms with Crippen LogP contribution in [0.25, 0.3) is 0 Å². The highest BCUT2D eigenvalue weighted by molar-refractivity contribution is 7.90. The molecule has 0 bridgehead atoms. The first-order chi connectivity index (χ1) is 11.9. The lowest BCUT2D eigenvalue weighted by Gasteiger charge is -2.09. The molecule has 0 atom stereocenters. The van der Waals surface area contributed by atoms with Gasteiger partial charge in [-0.15, -0.1) is 0 Å². The van der Waals surface area contributed by atoms with Gasteiger partial charge in [-0.2, -0.15) is 0 Å². The average molecular weight is 384 g/mol. The summed E-state index contributed by atoms with van der Waals surface area (Å²) in [6, 6.07) is 12.8. The lowest BCUT2D eigenvalue weighted by atomic mass is 10.2. The Kier molecular flexibility index (Phi) is 6.81. The summed E-state index contributed by atoms with van der Waals surface area (Å²) in [6.07, 6.45) is 0. The number of benzene rings is 2. The second-order valence-corrected chi connectivity index (χ2v) is 7.11. The van der Waals surface area contributed by atoms with Crippen molar-refractivity contribution in [3.8, 4) is 5.75 Å². The molecular weight excluding hydrogens is 366 g/mol. The van der Waals surface area contributed by atoms with Gasteiger partial charge in [-0.05, 0) is 42.8 Å². The predicted molar refractivity (Wildman–Crippen MR) is 94.0 cm³/mol. The second-order valence-electron chi connectivity index (χ2n) is 5.02. The van der Waals surface area contributed by atoms with Gasteiger partial charge in [-0.1, -0.05) is 29.8 Å². The van der Waals surface area contributed by atoms with Crippen LogP contribution in [0.3, 0.4) is 0 Å². The third-order valence-corrected chi connectivity index (χ3v) is 4.90. The van der Waals surface area contributed by atoms with Crippen LogP contribution in [0, 0.1) is 0 Å². The number of carbonyl (C=O) groups excluding carboxylic acids is 1. The lowest BCUT2D eigenvalue weighted by Crippen LogP contribution is -2.33. The highest BCUT2D eigenvalue weighted by atomic mass is 35.5. The van der Waals surface area contributed by atoms with E-state index in [0.717, 1.165) is 0 Å². The molecule has 0 aromatic heterocycles. The van der Waals surface area contributed by atoms with Crippen LogP contribution in [0.2, 0.25) is 5.02 Å². The lowest BCUT2D eigenvalue weighted by molar-refractivity contribution is -0.124. The Morgan fingerprint density at radius 3 is 2.44 bits per heavy atom. The standard InChI is InChI=1S/C17H18ClNO5S/c1-2-24-14-7-9-15(10-8-14)25(21,22)19-17(20)12-23-11-13-5-3-4-6-16(13)18/h3-10H,2,11-12H2,1H3,(H,19,20). The van der Waals surface area contributed by atoms with Gasteiger partial charge in [0.25, 0.3) is 15.9 Å². The number of amides is 1. The summed E-state index contributed by atoms with van der Waals surface area (Å²) in [5, 5.41) is 0.518. The van der Waals surface area contributed by atoms with E-state index >= 15 is 0 Å². The van der Waals surface area contributed by atoms with Crippen LogP contribution >= 0.6 is 11.6 Å². The van der Waals surface area contributed by atoms with Crippen molar-refractivity contribution in [2.75, 3.05) is 13.2 Å². The van der Waals surface area contributed by atoms with Crippen LogP contribution < -0.4 is 9.46 Å². The maximum atomic E-state index is 12.1. The SMILES string of the molecule is CCOc1ccc(S(=O)(=O)NC(=O)COCc2ccccc2Cl)cc1. The number of hydrogen-bond donors (Lipinski definition) is 1. The molecule has 0 heterocycles.